The fraction of sp³-hybridized carbons (Fsp3) is 0.278. The lowest BCUT2D eigenvalue weighted by Gasteiger charge is -2.19. The van der Waals surface area contributed by atoms with Crippen molar-refractivity contribution in [3.63, 3.8) is 0 Å². The van der Waals surface area contributed by atoms with E-state index >= 15 is 0 Å². The van der Waals surface area contributed by atoms with E-state index in [9.17, 15) is 13.2 Å². The van der Waals surface area contributed by atoms with Crippen molar-refractivity contribution in [3.05, 3.63) is 59.2 Å². The zero-order valence-electron chi connectivity index (χ0n) is 14.3. The largest absolute Gasteiger partial charge is 0.322 e. The Balaban J connectivity index is 2.24. The van der Waals surface area contributed by atoms with Crippen molar-refractivity contribution in [1.29, 1.82) is 0 Å². The van der Waals surface area contributed by atoms with E-state index in [0.717, 1.165) is 11.1 Å². The monoisotopic (exact) mass is 346 g/mol. The molecule has 2 aromatic carbocycles. The smallest absolute Gasteiger partial charge is 0.255 e. The molecule has 0 saturated carbocycles. The van der Waals surface area contributed by atoms with Crippen LogP contribution in [0.2, 0.25) is 0 Å². The van der Waals surface area contributed by atoms with E-state index in [4.69, 9.17) is 0 Å². The highest BCUT2D eigenvalue weighted by atomic mass is 32.2. The zero-order valence-corrected chi connectivity index (χ0v) is 15.1. The fourth-order valence-corrected chi connectivity index (χ4v) is 3.04. The molecular weight excluding hydrogens is 324 g/mol. The van der Waals surface area contributed by atoms with E-state index in [1.165, 1.54) is 11.4 Å². The first kappa shape index (κ1) is 18.0. The number of amides is 1. The van der Waals surface area contributed by atoms with E-state index in [-0.39, 0.29) is 11.7 Å². The van der Waals surface area contributed by atoms with Gasteiger partial charge in [-0.25, -0.2) is 8.42 Å². The Morgan fingerprint density at radius 2 is 1.79 bits per heavy atom. The van der Waals surface area contributed by atoms with Gasteiger partial charge < -0.3 is 5.32 Å². The van der Waals surface area contributed by atoms with Gasteiger partial charge >= 0.3 is 0 Å². The average Bonchev–Trinajstić information content (AvgIpc) is 2.57. The van der Waals surface area contributed by atoms with Crippen LogP contribution in [0.15, 0.2) is 42.5 Å². The summed E-state index contributed by atoms with van der Waals surface area (Å²) >= 11 is 0. The van der Waals surface area contributed by atoms with Crippen molar-refractivity contribution in [2.24, 2.45) is 0 Å². The predicted octanol–water partition coefficient (Wildman–Crippen LogP) is 3.34. The van der Waals surface area contributed by atoms with Crippen molar-refractivity contribution in [3.8, 4) is 0 Å². The number of hydrogen-bond donors (Lipinski definition) is 1. The number of carbonyl (C=O) groups is 1. The molecule has 0 radical (unpaired) electrons. The average molecular weight is 346 g/mol. The first-order valence-corrected chi connectivity index (χ1v) is 9.31. The summed E-state index contributed by atoms with van der Waals surface area (Å²) in [6, 6.07) is 12.3. The Morgan fingerprint density at radius 3 is 2.42 bits per heavy atom. The third-order valence-electron chi connectivity index (χ3n) is 4.02. The molecule has 128 valence electrons. The maximum Gasteiger partial charge on any atom is 0.255 e. The molecular formula is C18H22N2O3S. The van der Waals surface area contributed by atoms with Gasteiger partial charge in [-0.1, -0.05) is 12.1 Å². The maximum atomic E-state index is 12.4. The summed E-state index contributed by atoms with van der Waals surface area (Å²) in [5, 5.41) is 2.84. The lowest BCUT2D eigenvalue weighted by atomic mass is 10.1. The number of anilines is 2. The van der Waals surface area contributed by atoms with Crippen LogP contribution in [-0.4, -0.2) is 27.1 Å². The zero-order chi connectivity index (χ0) is 17.9. The van der Waals surface area contributed by atoms with Crippen LogP contribution in [0.4, 0.5) is 11.4 Å². The third-order valence-corrected chi connectivity index (χ3v) is 5.79. The molecule has 6 heteroatoms. The number of hydrogen-bond acceptors (Lipinski definition) is 3. The van der Waals surface area contributed by atoms with E-state index in [1.807, 2.05) is 32.0 Å². The molecule has 0 fully saturated rings. The highest BCUT2D eigenvalue weighted by Crippen LogP contribution is 2.20. The summed E-state index contributed by atoms with van der Waals surface area (Å²) in [4.78, 5) is 12.4. The van der Waals surface area contributed by atoms with Gasteiger partial charge in [0.15, 0.2) is 0 Å². The summed E-state index contributed by atoms with van der Waals surface area (Å²) < 4.78 is 25.1. The number of aryl methyl sites for hydroxylation is 2. The summed E-state index contributed by atoms with van der Waals surface area (Å²) in [6.07, 6.45) is 0. The van der Waals surface area contributed by atoms with Crippen molar-refractivity contribution in [1.82, 2.24) is 0 Å². The molecule has 0 aliphatic rings. The normalized spacial score (nSPS) is 11.2. The molecule has 0 bridgehead atoms. The molecule has 2 aromatic rings. The van der Waals surface area contributed by atoms with Crippen LogP contribution in [-0.2, 0) is 10.0 Å². The Bertz CT molecular complexity index is 860. The van der Waals surface area contributed by atoms with Gasteiger partial charge in [0.05, 0.1) is 11.4 Å². The second-order valence-electron chi connectivity index (χ2n) is 5.67. The van der Waals surface area contributed by atoms with Crippen molar-refractivity contribution < 1.29 is 13.2 Å². The van der Waals surface area contributed by atoms with E-state index in [1.54, 1.807) is 31.2 Å². The van der Waals surface area contributed by atoms with E-state index in [2.05, 4.69) is 5.32 Å². The van der Waals surface area contributed by atoms with Gasteiger partial charge in [-0.15, -0.1) is 0 Å². The minimum absolute atomic E-state index is 0.00255. The molecule has 0 saturated heterocycles. The molecule has 1 amide bonds. The van der Waals surface area contributed by atoms with E-state index < -0.39 is 10.0 Å². The first-order valence-electron chi connectivity index (χ1n) is 7.70. The molecule has 0 aromatic heterocycles. The molecule has 0 unspecified atom stereocenters. The maximum absolute atomic E-state index is 12.4. The van der Waals surface area contributed by atoms with Crippen LogP contribution in [0.3, 0.4) is 0 Å². The molecule has 24 heavy (non-hydrogen) atoms. The molecule has 0 atom stereocenters. The Labute approximate surface area is 143 Å². The molecule has 2 rings (SSSR count). The molecule has 1 N–H and O–H groups in total. The molecule has 0 aliphatic heterocycles. The second-order valence-corrected chi connectivity index (χ2v) is 7.96. The summed E-state index contributed by atoms with van der Waals surface area (Å²) in [7, 11) is -1.88. The minimum Gasteiger partial charge on any atom is -0.322 e. The summed E-state index contributed by atoms with van der Waals surface area (Å²) in [5.41, 5.74) is 3.83. The third kappa shape index (κ3) is 3.94. The predicted molar refractivity (Wildman–Crippen MR) is 98.2 cm³/mol. The number of nitrogens with zero attached hydrogens (tertiary/aromatic N) is 1. The fourth-order valence-electron chi connectivity index (χ4n) is 2.22. The lowest BCUT2D eigenvalue weighted by Crippen LogP contribution is -2.28. The molecule has 0 aliphatic carbocycles. The SMILES string of the molecule is CCS(=O)(=O)N(C)c1cccc(C(=O)Nc2ccc(C)c(C)c2)c1. The van der Waals surface area contributed by atoms with Crippen LogP contribution in [0.5, 0.6) is 0 Å². The quantitative estimate of drug-likeness (QED) is 0.903. The van der Waals surface area contributed by atoms with Crippen LogP contribution < -0.4 is 9.62 Å². The van der Waals surface area contributed by atoms with Crippen LogP contribution in [0.1, 0.15) is 28.4 Å². The Kier molecular flexibility index (Phi) is 5.29. The number of sulfonamides is 1. The standard InChI is InChI=1S/C18H22N2O3S/c1-5-24(22,23)20(4)17-8-6-7-15(12-17)18(21)19-16-10-9-13(2)14(3)11-16/h6-12H,5H2,1-4H3,(H,19,21). The highest BCUT2D eigenvalue weighted by Gasteiger charge is 2.17. The number of carbonyl (C=O) groups excluding carboxylic acids is 1. The summed E-state index contributed by atoms with van der Waals surface area (Å²) in [5.74, 6) is -0.273. The first-order chi connectivity index (χ1) is 11.2. The Hall–Kier alpha value is -2.34. The molecule has 5 nitrogen and oxygen atoms in total. The van der Waals surface area contributed by atoms with Gasteiger partial charge in [-0.05, 0) is 62.2 Å². The van der Waals surface area contributed by atoms with Gasteiger partial charge in [0.1, 0.15) is 0 Å². The number of rotatable bonds is 5. The minimum atomic E-state index is -3.36. The van der Waals surface area contributed by atoms with Gasteiger partial charge in [0.25, 0.3) is 5.91 Å². The molecule has 0 spiro atoms. The van der Waals surface area contributed by atoms with Gasteiger partial charge in [-0.2, -0.15) is 0 Å². The number of nitrogens with one attached hydrogen (secondary N) is 1. The van der Waals surface area contributed by atoms with Crippen molar-refractivity contribution in [2.45, 2.75) is 20.8 Å². The summed E-state index contributed by atoms with van der Waals surface area (Å²) in [6.45, 7) is 5.58. The second kappa shape index (κ2) is 7.05. The van der Waals surface area contributed by atoms with Gasteiger partial charge in [0.2, 0.25) is 10.0 Å². The van der Waals surface area contributed by atoms with Crippen molar-refractivity contribution in [2.75, 3.05) is 22.4 Å². The topological polar surface area (TPSA) is 66.5 Å². The Morgan fingerprint density at radius 1 is 1.08 bits per heavy atom. The van der Waals surface area contributed by atoms with Crippen LogP contribution in [0, 0.1) is 13.8 Å². The van der Waals surface area contributed by atoms with E-state index in [0.29, 0.717) is 16.9 Å². The lowest BCUT2D eigenvalue weighted by molar-refractivity contribution is 0.102. The van der Waals surface area contributed by atoms with Crippen LogP contribution >= 0.6 is 0 Å². The van der Waals surface area contributed by atoms with Crippen molar-refractivity contribution >= 4 is 27.3 Å². The van der Waals surface area contributed by atoms with Crippen LogP contribution in [0.25, 0.3) is 0 Å². The number of benzene rings is 2. The molecule has 0 heterocycles. The van der Waals surface area contributed by atoms with Gasteiger partial charge in [-0.3, -0.25) is 9.10 Å². The highest BCUT2D eigenvalue weighted by molar-refractivity contribution is 7.92. The van der Waals surface area contributed by atoms with Gasteiger partial charge in [0, 0.05) is 18.3 Å².